The molecule has 0 aliphatic carbocycles. The number of benzene rings is 1. The number of hydrogen-bond acceptors (Lipinski definition) is 3. The molecule has 0 unspecified atom stereocenters. The van der Waals surface area contributed by atoms with Crippen LogP contribution in [0.1, 0.15) is 5.56 Å². The molecule has 0 saturated heterocycles. The van der Waals surface area contributed by atoms with Crippen molar-refractivity contribution in [2.75, 3.05) is 0 Å². The topological polar surface area (TPSA) is 93.5 Å². The standard InChI is InChI=1S/C9H12N4OS/c1-6-4-2-3-5-7(6)15-13-8(10)12-9(11)14/h2-5H,1H3,(H5,10,11,12,13,14). The zero-order chi connectivity index (χ0) is 11.3. The Hall–Kier alpha value is -1.69. The van der Waals surface area contributed by atoms with Crippen LogP contribution in [0.15, 0.2) is 33.6 Å². The lowest BCUT2D eigenvalue weighted by Crippen LogP contribution is -2.39. The maximum Gasteiger partial charge on any atom is 0.318 e. The molecule has 0 atom stereocenters. The minimum absolute atomic E-state index is 0.00393. The molecule has 0 aliphatic heterocycles. The van der Waals surface area contributed by atoms with Crippen LogP contribution in [0, 0.1) is 6.92 Å². The van der Waals surface area contributed by atoms with Crippen LogP contribution in [-0.4, -0.2) is 12.0 Å². The van der Waals surface area contributed by atoms with Gasteiger partial charge in [0.05, 0.1) is 0 Å². The van der Waals surface area contributed by atoms with E-state index in [4.69, 9.17) is 11.5 Å². The maximum absolute atomic E-state index is 10.4. The summed E-state index contributed by atoms with van der Waals surface area (Å²) in [5.41, 5.74) is 11.4. The summed E-state index contributed by atoms with van der Waals surface area (Å²) in [7, 11) is 0. The molecular formula is C9H12N4OS. The summed E-state index contributed by atoms with van der Waals surface area (Å²) in [6.07, 6.45) is 0. The fourth-order valence-corrected chi connectivity index (χ4v) is 1.50. The van der Waals surface area contributed by atoms with Gasteiger partial charge in [-0.05, 0) is 18.6 Å². The molecule has 1 aromatic rings. The van der Waals surface area contributed by atoms with Crippen LogP contribution in [-0.2, 0) is 0 Å². The molecule has 0 saturated carbocycles. The number of urea groups is 1. The van der Waals surface area contributed by atoms with E-state index >= 15 is 0 Å². The highest BCUT2D eigenvalue weighted by Crippen LogP contribution is 2.22. The van der Waals surface area contributed by atoms with Crippen molar-refractivity contribution in [2.45, 2.75) is 11.8 Å². The fourth-order valence-electron chi connectivity index (χ4n) is 0.906. The van der Waals surface area contributed by atoms with Gasteiger partial charge in [-0.3, -0.25) is 5.32 Å². The monoisotopic (exact) mass is 224 g/mol. The van der Waals surface area contributed by atoms with E-state index in [1.165, 1.54) is 11.9 Å². The third-order valence-electron chi connectivity index (χ3n) is 1.59. The van der Waals surface area contributed by atoms with E-state index in [1.54, 1.807) is 0 Å². The molecular weight excluding hydrogens is 212 g/mol. The molecule has 0 fully saturated rings. The second-order valence-electron chi connectivity index (χ2n) is 2.82. The van der Waals surface area contributed by atoms with Gasteiger partial charge in [-0.2, -0.15) is 4.40 Å². The predicted octanol–water partition coefficient (Wildman–Crippen LogP) is 0.985. The molecule has 2 amide bonds. The van der Waals surface area contributed by atoms with Crippen molar-refractivity contribution in [2.24, 2.45) is 15.9 Å². The molecule has 1 rings (SSSR count). The number of carbonyl (C=O) groups excluding carboxylic acids is 1. The van der Waals surface area contributed by atoms with Crippen LogP contribution in [0.25, 0.3) is 0 Å². The Labute approximate surface area is 92.1 Å². The zero-order valence-electron chi connectivity index (χ0n) is 8.23. The minimum atomic E-state index is -0.721. The summed E-state index contributed by atoms with van der Waals surface area (Å²) in [5, 5.41) is 2.18. The average molecular weight is 224 g/mol. The Morgan fingerprint density at radius 1 is 1.40 bits per heavy atom. The number of nitrogens with zero attached hydrogens (tertiary/aromatic N) is 1. The third-order valence-corrected chi connectivity index (χ3v) is 2.53. The number of nitrogens with two attached hydrogens (primary N) is 2. The van der Waals surface area contributed by atoms with Crippen molar-refractivity contribution >= 4 is 23.9 Å². The van der Waals surface area contributed by atoms with Gasteiger partial charge in [0.25, 0.3) is 0 Å². The molecule has 0 bridgehead atoms. The fraction of sp³-hybridized carbons (Fsp3) is 0.111. The Kier molecular flexibility index (Phi) is 3.99. The number of nitrogens with one attached hydrogen (secondary N) is 1. The Morgan fingerprint density at radius 3 is 2.67 bits per heavy atom. The van der Waals surface area contributed by atoms with Crippen LogP contribution in [0.4, 0.5) is 4.79 Å². The largest absolute Gasteiger partial charge is 0.369 e. The number of rotatable bonds is 2. The maximum atomic E-state index is 10.4. The molecule has 5 nitrogen and oxygen atoms in total. The summed E-state index contributed by atoms with van der Waals surface area (Å²) in [6, 6.07) is 7.01. The summed E-state index contributed by atoms with van der Waals surface area (Å²) < 4.78 is 3.89. The van der Waals surface area contributed by atoms with Crippen LogP contribution < -0.4 is 16.8 Å². The number of guanidine groups is 1. The Balaban J connectivity index is 2.64. The highest BCUT2D eigenvalue weighted by molar-refractivity contribution is 7.98. The number of aryl methyl sites for hydroxylation is 1. The van der Waals surface area contributed by atoms with E-state index in [-0.39, 0.29) is 5.96 Å². The summed E-state index contributed by atoms with van der Waals surface area (Å²) in [5.74, 6) is -0.00393. The van der Waals surface area contributed by atoms with Gasteiger partial charge in [-0.25, -0.2) is 4.79 Å². The quantitative estimate of drug-likeness (QED) is 0.397. The molecule has 0 spiro atoms. The average Bonchev–Trinajstić information content (AvgIpc) is 2.15. The molecule has 1 aromatic carbocycles. The first-order valence-electron chi connectivity index (χ1n) is 4.22. The van der Waals surface area contributed by atoms with Crippen molar-refractivity contribution in [3.05, 3.63) is 29.8 Å². The lowest BCUT2D eigenvalue weighted by molar-refractivity contribution is 0.253. The van der Waals surface area contributed by atoms with Crippen LogP contribution in [0.2, 0.25) is 0 Å². The van der Waals surface area contributed by atoms with Gasteiger partial charge in [-0.15, -0.1) is 0 Å². The lowest BCUT2D eigenvalue weighted by Gasteiger charge is -2.02. The number of amides is 2. The molecule has 0 aromatic heterocycles. The summed E-state index contributed by atoms with van der Waals surface area (Å²) in [4.78, 5) is 11.4. The van der Waals surface area contributed by atoms with Crippen LogP contribution >= 0.6 is 11.9 Å². The van der Waals surface area contributed by atoms with E-state index in [0.29, 0.717) is 0 Å². The lowest BCUT2D eigenvalue weighted by atomic mass is 10.2. The Bertz CT molecular complexity index is 391. The molecule has 5 N–H and O–H groups in total. The van der Waals surface area contributed by atoms with E-state index in [9.17, 15) is 4.79 Å². The minimum Gasteiger partial charge on any atom is -0.369 e. The number of hydrogen-bond donors (Lipinski definition) is 3. The van der Waals surface area contributed by atoms with Gasteiger partial charge in [0.1, 0.15) is 0 Å². The van der Waals surface area contributed by atoms with Gasteiger partial charge < -0.3 is 11.5 Å². The SMILES string of the molecule is Cc1ccccc1S/N=C(/N)NC(N)=O. The molecule has 15 heavy (non-hydrogen) atoms. The van der Waals surface area contributed by atoms with Gasteiger partial charge >= 0.3 is 6.03 Å². The Morgan fingerprint density at radius 2 is 2.07 bits per heavy atom. The van der Waals surface area contributed by atoms with Gasteiger partial charge in [0.2, 0.25) is 5.96 Å². The second kappa shape index (κ2) is 5.26. The van der Waals surface area contributed by atoms with E-state index < -0.39 is 6.03 Å². The third kappa shape index (κ3) is 3.90. The van der Waals surface area contributed by atoms with Gasteiger partial charge in [-0.1, -0.05) is 18.2 Å². The van der Waals surface area contributed by atoms with Crippen molar-refractivity contribution in [1.29, 1.82) is 0 Å². The van der Waals surface area contributed by atoms with E-state index in [1.807, 2.05) is 31.2 Å². The van der Waals surface area contributed by atoms with E-state index in [0.717, 1.165) is 10.5 Å². The number of carbonyl (C=O) groups is 1. The normalized spacial score (nSPS) is 11.1. The number of primary amides is 1. The first-order valence-corrected chi connectivity index (χ1v) is 4.99. The molecule has 0 radical (unpaired) electrons. The molecule has 80 valence electrons. The predicted molar refractivity (Wildman–Crippen MR) is 61.4 cm³/mol. The van der Waals surface area contributed by atoms with Gasteiger partial charge in [0.15, 0.2) is 0 Å². The zero-order valence-corrected chi connectivity index (χ0v) is 9.04. The highest BCUT2D eigenvalue weighted by atomic mass is 32.2. The highest BCUT2D eigenvalue weighted by Gasteiger charge is 1.99. The second-order valence-corrected chi connectivity index (χ2v) is 3.63. The summed E-state index contributed by atoms with van der Waals surface area (Å²) in [6.45, 7) is 1.97. The smallest absolute Gasteiger partial charge is 0.318 e. The van der Waals surface area contributed by atoms with Crippen molar-refractivity contribution in [1.82, 2.24) is 5.32 Å². The first-order chi connectivity index (χ1) is 7.09. The van der Waals surface area contributed by atoms with Crippen molar-refractivity contribution in [3.8, 4) is 0 Å². The summed E-state index contributed by atoms with van der Waals surface area (Å²) >= 11 is 1.19. The van der Waals surface area contributed by atoms with Crippen molar-refractivity contribution in [3.63, 3.8) is 0 Å². The molecule has 0 heterocycles. The van der Waals surface area contributed by atoms with Crippen LogP contribution in [0.3, 0.4) is 0 Å². The first kappa shape index (κ1) is 11.4. The van der Waals surface area contributed by atoms with Crippen LogP contribution in [0.5, 0.6) is 0 Å². The van der Waals surface area contributed by atoms with Crippen molar-refractivity contribution < 1.29 is 4.79 Å². The van der Waals surface area contributed by atoms with E-state index in [2.05, 4.69) is 9.71 Å². The molecule has 0 aliphatic rings. The van der Waals surface area contributed by atoms with Gasteiger partial charge in [0, 0.05) is 16.8 Å². The molecule has 6 heteroatoms.